The van der Waals surface area contributed by atoms with E-state index in [0.717, 1.165) is 34.9 Å². The van der Waals surface area contributed by atoms with Crippen molar-refractivity contribution in [2.24, 2.45) is 0 Å². The Morgan fingerprint density at radius 1 is 1.21 bits per heavy atom. The molecule has 3 rings (SSSR count). The van der Waals surface area contributed by atoms with Crippen molar-refractivity contribution in [2.75, 3.05) is 39.2 Å². The number of thioether (sulfide) groups is 1. The van der Waals surface area contributed by atoms with Crippen molar-refractivity contribution in [3.63, 3.8) is 0 Å². The average Bonchev–Trinajstić information content (AvgIpc) is 2.78. The number of ether oxygens (including phenoxy) is 1. The number of carbonyl (C=O) groups excluding carboxylic acids is 1. The van der Waals surface area contributed by atoms with Gasteiger partial charge < -0.3 is 19.6 Å². The number of rotatable bonds is 6. The normalized spacial score (nSPS) is 19.5. The van der Waals surface area contributed by atoms with Gasteiger partial charge in [0, 0.05) is 16.5 Å². The fourth-order valence-corrected chi connectivity index (χ4v) is 4.64. The first-order valence-corrected chi connectivity index (χ1v) is 10.4. The number of fused-ring (bicyclic) bond motifs is 1. The average molecular weight is 421 g/mol. The molecule has 1 heterocycles. The zero-order valence-electron chi connectivity index (χ0n) is 16.3. The molecule has 0 aromatic heterocycles. The summed E-state index contributed by atoms with van der Waals surface area (Å²) in [5, 5.41) is 11.1. The summed E-state index contributed by atoms with van der Waals surface area (Å²) in [5.41, 5.74) is 1.64. The third-order valence-corrected chi connectivity index (χ3v) is 6.32. The molecule has 28 heavy (non-hydrogen) atoms. The maximum absolute atomic E-state index is 13.2. The fraction of sp³-hybridized carbons (Fsp3) is 0.381. The van der Waals surface area contributed by atoms with Crippen molar-refractivity contribution in [1.82, 2.24) is 4.90 Å². The highest BCUT2D eigenvalue weighted by atomic mass is 35.5. The number of halogens is 1. The van der Waals surface area contributed by atoms with Gasteiger partial charge in [-0.15, -0.1) is 11.8 Å². The van der Waals surface area contributed by atoms with E-state index in [1.165, 1.54) is 11.8 Å². The van der Waals surface area contributed by atoms with Crippen molar-refractivity contribution >= 4 is 35.0 Å². The van der Waals surface area contributed by atoms with Crippen LogP contribution in [0.4, 0.5) is 5.69 Å². The third kappa shape index (κ3) is 4.63. The zero-order valence-corrected chi connectivity index (χ0v) is 17.8. The molecule has 150 valence electrons. The number of amides is 1. The van der Waals surface area contributed by atoms with Crippen LogP contribution in [0.5, 0.6) is 5.75 Å². The van der Waals surface area contributed by atoms with Gasteiger partial charge in [0.2, 0.25) is 0 Å². The smallest absolute Gasteiger partial charge is 0.257 e. The van der Waals surface area contributed by atoms with Gasteiger partial charge in [-0.2, -0.15) is 0 Å². The van der Waals surface area contributed by atoms with Crippen molar-refractivity contribution in [3.8, 4) is 5.75 Å². The van der Waals surface area contributed by atoms with Crippen LogP contribution in [0.1, 0.15) is 17.2 Å². The van der Waals surface area contributed by atoms with E-state index in [-0.39, 0.29) is 5.91 Å². The Balaban J connectivity index is 1.96. The Kier molecular flexibility index (Phi) is 6.88. The second-order valence-corrected chi connectivity index (χ2v) is 8.64. The predicted octanol–water partition coefficient (Wildman–Crippen LogP) is 3.84. The molecule has 0 spiro atoms. The largest absolute Gasteiger partial charge is 0.497 e. The van der Waals surface area contributed by atoms with Crippen LogP contribution in [-0.2, 0) is 4.79 Å². The maximum atomic E-state index is 13.2. The highest BCUT2D eigenvalue weighted by Gasteiger charge is 2.37. The molecule has 1 N–H and O–H groups in total. The van der Waals surface area contributed by atoms with Crippen LogP contribution in [0.25, 0.3) is 0 Å². The monoisotopic (exact) mass is 420 g/mol. The summed E-state index contributed by atoms with van der Waals surface area (Å²) in [5.74, 6) is 0.439. The number of benzene rings is 2. The van der Waals surface area contributed by atoms with Crippen LogP contribution in [0.3, 0.4) is 0 Å². The fourth-order valence-electron chi connectivity index (χ4n) is 3.23. The molecule has 0 saturated carbocycles. The molecule has 2 atom stereocenters. The Bertz CT molecular complexity index is 829. The molecule has 1 aliphatic rings. The van der Waals surface area contributed by atoms with Crippen LogP contribution >= 0.6 is 23.4 Å². The molecular weight excluding hydrogens is 396 g/mol. The molecule has 0 saturated heterocycles. The number of aliphatic hydroxyl groups is 1. The summed E-state index contributed by atoms with van der Waals surface area (Å²) in [4.78, 5) is 17.9. The summed E-state index contributed by atoms with van der Waals surface area (Å²) < 4.78 is 5.22. The summed E-state index contributed by atoms with van der Waals surface area (Å²) in [7, 11) is 5.61. The van der Waals surface area contributed by atoms with Gasteiger partial charge in [0.1, 0.15) is 11.9 Å². The van der Waals surface area contributed by atoms with Gasteiger partial charge in [-0.25, -0.2) is 0 Å². The van der Waals surface area contributed by atoms with E-state index in [0.29, 0.717) is 11.6 Å². The van der Waals surface area contributed by atoms with Crippen molar-refractivity contribution < 1.29 is 14.6 Å². The van der Waals surface area contributed by atoms with Crippen LogP contribution in [0.2, 0.25) is 5.02 Å². The van der Waals surface area contributed by atoms with Gasteiger partial charge in [0.25, 0.3) is 5.91 Å². The van der Waals surface area contributed by atoms with E-state index in [1.807, 2.05) is 50.5 Å². The minimum atomic E-state index is -1.15. The predicted molar refractivity (Wildman–Crippen MR) is 115 cm³/mol. The molecule has 2 aromatic carbocycles. The first kappa shape index (κ1) is 21.0. The van der Waals surface area contributed by atoms with Crippen molar-refractivity contribution in [2.45, 2.75) is 22.7 Å². The van der Waals surface area contributed by atoms with E-state index in [2.05, 4.69) is 4.90 Å². The zero-order chi connectivity index (χ0) is 20.3. The molecule has 1 aliphatic heterocycles. The summed E-state index contributed by atoms with van der Waals surface area (Å²) in [6.07, 6.45) is -0.348. The Morgan fingerprint density at radius 3 is 2.57 bits per heavy atom. The van der Waals surface area contributed by atoms with E-state index < -0.39 is 11.4 Å². The van der Waals surface area contributed by atoms with Gasteiger partial charge in [0.15, 0.2) is 0 Å². The van der Waals surface area contributed by atoms with Crippen LogP contribution in [-0.4, -0.2) is 56.3 Å². The summed E-state index contributed by atoms with van der Waals surface area (Å²) in [6, 6.07) is 13.0. The van der Waals surface area contributed by atoms with E-state index in [9.17, 15) is 9.90 Å². The lowest BCUT2D eigenvalue weighted by molar-refractivity contribution is -0.126. The SMILES string of the molecule is COc1ccc(C2Sc3ccc(Cl)cc3N(CCCN(C)C)C(=O)C2O)cc1. The van der Waals surface area contributed by atoms with Gasteiger partial charge >= 0.3 is 0 Å². The van der Waals surface area contributed by atoms with E-state index >= 15 is 0 Å². The number of anilines is 1. The second-order valence-electron chi connectivity index (χ2n) is 7.02. The third-order valence-electron chi connectivity index (χ3n) is 4.70. The lowest BCUT2D eigenvalue weighted by Gasteiger charge is -2.26. The number of hydrogen-bond acceptors (Lipinski definition) is 5. The second kappa shape index (κ2) is 9.18. The molecular formula is C21H25ClN2O3S. The minimum Gasteiger partial charge on any atom is -0.497 e. The maximum Gasteiger partial charge on any atom is 0.257 e. The van der Waals surface area contributed by atoms with Crippen LogP contribution in [0, 0.1) is 0 Å². The standard InChI is InChI=1S/C21H25ClN2O3S/c1-23(2)11-4-12-24-17-13-15(22)7-10-18(17)28-20(19(25)21(24)26)14-5-8-16(27-3)9-6-14/h5-10,13,19-20,25H,4,11-12H2,1-3H3. The van der Waals surface area contributed by atoms with Gasteiger partial charge in [-0.1, -0.05) is 23.7 Å². The van der Waals surface area contributed by atoms with E-state index in [4.69, 9.17) is 16.3 Å². The minimum absolute atomic E-state index is 0.298. The summed E-state index contributed by atoms with van der Waals surface area (Å²) in [6.45, 7) is 1.38. The topological polar surface area (TPSA) is 53.0 Å². The molecule has 5 nitrogen and oxygen atoms in total. The van der Waals surface area contributed by atoms with Gasteiger partial charge in [-0.05, 0) is 63.0 Å². The molecule has 2 unspecified atom stereocenters. The quantitative estimate of drug-likeness (QED) is 0.769. The van der Waals surface area contributed by atoms with Gasteiger partial charge in [0.05, 0.1) is 18.0 Å². The number of nitrogens with zero attached hydrogens (tertiary/aromatic N) is 2. The van der Waals surface area contributed by atoms with E-state index in [1.54, 1.807) is 18.1 Å². The Labute approximate surface area is 175 Å². The molecule has 0 bridgehead atoms. The number of hydrogen-bond donors (Lipinski definition) is 1. The number of methoxy groups -OCH3 is 1. The first-order chi connectivity index (χ1) is 13.4. The number of aliphatic hydroxyl groups excluding tert-OH is 1. The van der Waals surface area contributed by atoms with Crippen molar-refractivity contribution in [1.29, 1.82) is 0 Å². The molecule has 0 aliphatic carbocycles. The number of carbonyl (C=O) groups is 1. The van der Waals surface area contributed by atoms with Crippen LogP contribution in [0.15, 0.2) is 47.4 Å². The molecule has 0 fully saturated rings. The lowest BCUT2D eigenvalue weighted by Crippen LogP contribution is -2.41. The molecule has 1 amide bonds. The Morgan fingerprint density at radius 2 is 1.93 bits per heavy atom. The van der Waals surface area contributed by atoms with Gasteiger partial charge in [-0.3, -0.25) is 4.79 Å². The molecule has 2 aromatic rings. The van der Waals surface area contributed by atoms with Crippen molar-refractivity contribution in [3.05, 3.63) is 53.1 Å². The molecule has 0 radical (unpaired) electrons. The highest BCUT2D eigenvalue weighted by molar-refractivity contribution is 7.99. The summed E-state index contributed by atoms with van der Waals surface area (Å²) >= 11 is 7.70. The van der Waals surface area contributed by atoms with Crippen LogP contribution < -0.4 is 9.64 Å². The lowest BCUT2D eigenvalue weighted by atomic mass is 10.1. The Hall–Kier alpha value is -1.73. The first-order valence-electron chi connectivity index (χ1n) is 9.15. The molecule has 7 heteroatoms. The highest BCUT2D eigenvalue weighted by Crippen LogP contribution is 2.46.